The van der Waals surface area contributed by atoms with Crippen molar-refractivity contribution in [3.8, 4) is 5.69 Å². The molecular weight excluding hydrogens is 581 g/mol. The molecule has 0 saturated heterocycles. The zero-order chi connectivity index (χ0) is 26.5. The zero-order valence-corrected chi connectivity index (χ0v) is 23.0. The van der Waals surface area contributed by atoms with Crippen molar-refractivity contribution in [1.82, 2.24) is 20.1 Å². The average Bonchev–Trinajstić information content (AvgIpc) is 3.28. The van der Waals surface area contributed by atoms with Crippen LogP contribution >= 0.6 is 39.3 Å². The number of hydrogen-bond acceptors (Lipinski definition) is 5. The number of rotatable bonds is 8. The number of carbonyl (C=O) groups is 2. The minimum Gasteiger partial charge on any atom is -0.345 e. The Bertz CT molecular complexity index is 1460. The molecule has 4 aromatic rings. The molecule has 0 saturated carbocycles. The van der Waals surface area contributed by atoms with Gasteiger partial charge in [-0.15, -0.1) is 10.2 Å². The summed E-state index contributed by atoms with van der Waals surface area (Å²) in [5, 5.41) is 14.9. The van der Waals surface area contributed by atoms with Gasteiger partial charge in [-0.05, 0) is 73.5 Å². The predicted molar refractivity (Wildman–Crippen MR) is 147 cm³/mol. The van der Waals surface area contributed by atoms with Gasteiger partial charge in [0.15, 0.2) is 11.0 Å². The van der Waals surface area contributed by atoms with Crippen molar-refractivity contribution >= 4 is 56.8 Å². The van der Waals surface area contributed by atoms with Gasteiger partial charge in [0.05, 0.1) is 22.9 Å². The standard InChI is InChI=1S/C26H22BrClFN5O2S/c1-15-3-4-16(2)22(11-15)31-24(35)14-37-26-33-32-23(34(26)19-8-6-18(29)7-9-19)13-30-25(36)20-12-17(27)5-10-21(20)28/h3-12H,13-14H2,1-2H3,(H,30,36)(H,31,35). The topological polar surface area (TPSA) is 88.9 Å². The summed E-state index contributed by atoms with van der Waals surface area (Å²) >= 11 is 10.7. The number of carbonyl (C=O) groups excluding carboxylic acids is 2. The molecule has 7 nitrogen and oxygen atoms in total. The molecule has 0 bridgehead atoms. The summed E-state index contributed by atoms with van der Waals surface area (Å²) in [5.41, 5.74) is 3.65. The van der Waals surface area contributed by atoms with Gasteiger partial charge < -0.3 is 10.6 Å². The van der Waals surface area contributed by atoms with Crippen molar-refractivity contribution in [3.05, 3.63) is 98.5 Å². The first-order chi connectivity index (χ1) is 17.7. The second-order valence-corrected chi connectivity index (χ2v) is 10.4. The van der Waals surface area contributed by atoms with E-state index in [-0.39, 0.29) is 24.1 Å². The average molecular weight is 603 g/mol. The van der Waals surface area contributed by atoms with Crippen molar-refractivity contribution in [2.45, 2.75) is 25.5 Å². The lowest BCUT2D eigenvalue weighted by Gasteiger charge is -2.12. The highest BCUT2D eigenvalue weighted by atomic mass is 79.9. The van der Waals surface area contributed by atoms with Crippen LogP contribution in [0.4, 0.5) is 10.1 Å². The van der Waals surface area contributed by atoms with Crippen LogP contribution in [0.3, 0.4) is 0 Å². The van der Waals surface area contributed by atoms with Gasteiger partial charge in [0.2, 0.25) is 5.91 Å². The first kappa shape index (κ1) is 26.8. The van der Waals surface area contributed by atoms with Crippen LogP contribution in [0.2, 0.25) is 5.02 Å². The molecule has 37 heavy (non-hydrogen) atoms. The fourth-order valence-corrected chi connectivity index (χ4v) is 4.81. The molecule has 0 radical (unpaired) electrons. The molecule has 0 unspecified atom stereocenters. The molecule has 2 N–H and O–H groups in total. The molecule has 2 amide bonds. The third kappa shape index (κ3) is 6.76. The van der Waals surface area contributed by atoms with Crippen LogP contribution in [0.1, 0.15) is 27.3 Å². The van der Waals surface area contributed by atoms with E-state index in [1.54, 1.807) is 34.9 Å². The minimum atomic E-state index is -0.391. The monoisotopic (exact) mass is 601 g/mol. The molecule has 4 rings (SSSR count). The fraction of sp³-hybridized carbons (Fsp3) is 0.154. The van der Waals surface area contributed by atoms with Gasteiger partial charge >= 0.3 is 0 Å². The smallest absolute Gasteiger partial charge is 0.253 e. The van der Waals surface area contributed by atoms with E-state index in [0.29, 0.717) is 31.7 Å². The molecule has 0 spiro atoms. The van der Waals surface area contributed by atoms with E-state index >= 15 is 0 Å². The van der Waals surface area contributed by atoms with Crippen molar-refractivity contribution in [1.29, 1.82) is 0 Å². The molecule has 0 aliphatic carbocycles. The van der Waals surface area contributed by atoms with Crippen LogP contribution in [0.15, 0.2) is 70.3 Å². The van der Waals surface area contributed by atoms with Crippen LogP contribution < -0.4 is 10.6 Å². The predicted octanol–water partition coefficient (Wildman–Crippen LogP) is 6.10. The summed E-state index contributed by atoms with van der Waals surface area (Å²) < 4.78 is 16.0. The van der Waals surface area contributed by atoms with Gasteiger partial charge in [-0.2, -0.15) is 0 Å². The maximum atomic E-state index is 13.6. The number of halogens is 3. The van der Waals surface area contributed by atoms with Crippen molar-refractivity contribution in [2.24, 2.45) is 0 Å². The van der Waals surface area contributed by atoms with Gasteiger partial charge in [-0.1, -0.05) is 51.4 Å². The number of nitrogens with one attached hydrogen (secondary N) is 2. The molecule has 11 heteroatoms. The van der Waals surface area contributed by atoms with E-state index in [4.69, 9.17) is 11.6 Å². The maximum Gasteiger partial charge on any atom is 0.253 e. The summed E-state index contributed by atoms with van der Waals surface area (Å²) in [7, 11) is 0. The highest BCUT2D eigenvalue weighted by Crippen LogP contribution is 2.24. The Labute approximate surface area is 231 Å². The highest BCUT2D eigenvalue weighted by Gasteiger charge is 2.18. The van der Waals surface area contributed by atoms with Crippen molar-refractivity contribution in [3.63, 3.8) is 0 Å². The normalized spacial score (nSPS) is 10.8. The summed E-state index contributed by atoms with van der Waals surface area (Å²) in [6.07, 6.45) is 0. The van der Waals surface area contributed by atoms with E-state index in [1.807, 2.05) is 32.0 Å². The number of anilines is 1. The molecule has 190 valence electrons. The Hall–Kier alpha value is -3.21. The van der Waals surface area contributed by atoms with Crippen LogP contribution in [0.5, 0.6) is 0 Å². The van der Waals surface area contributed by atoms with Crippen LogP contribution in [-0.4, -0.2) is 32.3 Å². The third-order valence-electron chi connectivity index (χ3n) is 5.36. The summed E-state index contributed by atoms with van der Waals surface area (Å²) in [5.74, 6) is -0.498. The second-order valence-electron chi connectivity index (χ2n) is 8.17. The lowest BCUT2D eigenvalue weighted by Crippen LogP contribution is -2.25. The van der Waals surface area contributed by atoms with Crippen LogP contribution in [0.25, 0.3) is 5.69 Å². The fourth-order valence-electron chi connectivity index (χ4n) is 3.47. The Balaban J connectivity index is 1.52. The molecule has 3 aromatic carbocycles. The van der Waals surface area contributed by atoms with Gasteiger partial charge in [-0.25, -0.2) is 4.39 Å². The SMILES string of the molecule is Cc1ccc(C)c(NC(=O)CSc2nnc(CNC(=O)c3cc(Br)ccc3Cl)n2-c2ccc(F)cc2)c1. The first-order valence-corrected chi connectivity index (χ1v) is 13.3. The Kier molecular flexibility index (Phi) is 8.63. The first-order valence-electron chi connectivity index (χ1n) is 11.1. The van der Waals surface area contributed by atoms with Crippen LogP contribution in [-0.2, 0) is 11.3 Å². The number of aryl methyl sites for hydroxylation is 2. The van der Waals surface area contributed by atoms with E-state index in [1.165, 1.54) is 23.9 Å². The quantitative estimate of drug-likeness (QED) is 0.238. The van der Waals surface area contributed by atoms with Gasteiger partial charge in [0, 0.05) is 15.8 Å². The number of nitrogens with zero attached hydrogens (tertiary/aromatic N) is 3. The van der Waals surface area contributed by atoms with E-state index in [9.17, 15) is 14.0 Å². The molecule has 0 aliphatic heterocycles. The maximum absolute atomic E-state index is 13.6. The lowest BCUT2D eigenvalue weighted by molar-refractivity contribution is -0.113. The summed E-state index contributed by atoms with van der Waals surface area (Å²) in [6, 6.07) is 16.6. The number of hydrogen-bond donors (Lipinski definition) is 2. The minimum absolute atomic E-state index is 0.0291. The van der Waals surface area contributed by atoms with Gasteiger partial charge in [0.25, 0.3) is 5.91 Å². The third-order valence-corrected chi connectivity index (χ3v) is 7.12. The highest BCUT2D eigenvalue weighted by molar-refractivity contribution is 9.10. The second kappa shape index (κ2) is 11.9. The van der Waals surface area contributed by atoms with Gasteiger partial charge in [-0.3, -0.25) is 14.2 Å². The number of amides is 2. The lowest BCUT2D eigenvalue weighted by atomic mass is 10.1. The summed E-state index contributed by atoms with van der Waals surface area (Å²) in [4.78, 5) is 25.4. The van der Waals surface area contributed by atoms with Gasteiger partial charge in [0.1, 0.15) is 5.82 Å². The molecule has 0 atom stereocenters. The zero-order valence-electron chi connectivity index (χ0n) is 19.9. The Morgan fingerprint density at radius 1 is 1.05 bits per heavy atom. The number of aromatic nitrogens is 3. The van der Waals surface area contributed by atoms with E-state index in [0.717, 1.165) is 16.8 Å². The number of thioether (sulfide) groups is 1. The van der Waals surface area contributed by atoms with E-state index < -0.39 is 5.82 Å². The molecular formula is C26H22BrClFN5O2S. The van der Waals surface area contributed by atoms with Crippen molar-refractivity contribution in [2.75, 3.05) is 11.1 Å². The summed E-state index contributed by atoms with van der Waals surface area (Å²) in [6.45, 7) is 3.91. The molecule has 1 aromatic heterocycles. The Morgan fingerprint density at radius 3 is 2.57 bits per heavy atom. The molecule has 0 fully saturated rings. The molecule has 1 heterocycles. The Morgan fingerprint density at radius 2 is 1.81 bits per heavy atom. The van der Waals surface area contributed by atoms with Crippen LogP contribution in [0, 0.1) is 19.7 Å². The van der Waals surface area contributed by atoms with Crippen molar-refractivity contribution < 1.29 is 14.0 Å². The number of benzene rings is 3. The molecule has 0 aliphatic rings. The largest absolute Gasteiger partial charge is 0.345 e. The van der Waals surface area contributed by atoms with E-state index in [2.05, 4.69) is 36.8 Å².